The monoisotopic (exact) mass is 204 g/mol. The van der Waals surface area contributed by atoms with E-state index in [1.807, 2.05) is 0 Å². The lowest BCUT2D eigenvalue weighted by Gasteiger charge is -2.14. The third kappa shape index (κ3) is 2.84. The summed E-state index contributed by atoms with van der Waals surface area (Å²) >= 11 is 0. The van der Waals surface area contributed by atoms with Crippen molar-refractivity contribution in [2.24, 2.45) is 0 Å². The third-order valence-corrected chi connectivity index (χ3v) is 3.64. The Kier molecular flexibility index (Phi) is 4.38. The smallest absolute Gasteiger partial charge is 0.0276 e. The fraction of sp³-hybridized carbons (Fsp3) is 0.600. The largest absolute Gasteiger partial charge is 0.0654 e. The molecular formula is C15H24. The van der Waals surface area contributed by atoms with E-state index in [9.17, 15) is 0 Å². The minimum absolute atomic E-state index is 1.25. The lowest BCUT2D eigenvalue weighted by Crippen LogP contribution is -1.98. The molecule has 0 amide bonds. The molecule has 0 aliphatic carbocycles. The van der Waals surface area contributed by atoms with Crippen LogP contribution in [0.5, 0.6) is 0 Å². The van der Waals surface area contributed by atoms with Crippen LogP contribution < -0.4 is 0 Å². The second-order valence-corrected chi connectivity index (χ2v) is 4.68. The molecule has 0 spiro atoms. The van der Waals surface area contributed by atoms with Crippen molar-refractivity contribution >= 4 is 0 Å². The normalized spacial score (nSPS) is 10.7. The summed E-state index contributed by atoms with van der Waals surface area (Å²) in [6, 6.07) is 2.38. The molecule has 0 unspecified atom stereocenters. The zero-order chi connectivity index (χ0) is 11.4. The number of hydrogen-bond acceptors (Lipinski definition) is 0. The summed E-state index contributed by atoms with van der Waals surface area (Å²) in [5.74, 6) is 0. The van der Waals surface area contributed by atoms with Gasteiger partial charge < -0.3 is 0 Å². The minimum Gasteiger partial charge on any atom is -0.0654 e. The van der Waals surface area contributed by atoms with Crippen LogP contribution in [0.4, 0.5) is 0 Å². The van der Waals surface area contributed by atoms with Crippen molar-refractivity contribution in [1.29, 1.82) is 0 Å². The van der Waals surface area contributed by atoms with E-state index in [-0.39, 0.29) is 0 Å². The van der Waals surface area contributed by atoms with E-state index in [2.05, 4.69) is 40.7 Å². The summed E-state index contributed by atoms with van der Waals surface area (Å²) in [7, 11) is 0. The molecule has 0 atom stereocenters. The molecule has 0 nitrogen and oxygen atoms in total. The highest BCUT2D eigenvalue weighted by atomic mass is 14.1. The summed E-state index contributed by atoms with van der Waals surface area (Å²) in [5, 5.41) is 0. The maximum atomic E-state index is 2.38. The molecule has 0 aliphatic rings. The molecule has 1 aromatic rings. The molecule has 0 aliphatic heterocycles. The van der Waals surface area contributed by atoms with E-state index in [1.165, 1.54) is 47.9 Å². The van der Waals surface area contributed by atoms with Gasteiger partial charge in [-0.15, -0.1) is 0 Å². The molecule has 84 valence electrons. The third-order valence-electron chi connectivity index (χ3n) is 3.64. The lowest BCUT2D eigenvalue weighted by atomic mass is 9.92. The van der Waals surface area contributed by atoms with E-state index in [0.29, 0.717) is 0 Å². The van der Waals surface area contributed by atoms with Crippen molar-refractivity contribution in [1.82, 2.24) is 0 Å². The van der Waals surface area contributed by atoms with Crippen molar-refractivity contribution in [3.05, 3.63) is 33.9 Å². The first-order valence-electron chi connectivity index (χ1n) is 6.14. The Balaban J connectivity index is 2.89. The van der Waals surface area contributed by atoms with E-state index in [0.717, 1.165) is 0 Å². The van der Waals surface area contributed by atoms with Gasteiger partial charge in [0.2, 0.25) is 0 Å². The van der Waals surface area contributed by atoms with Crippen LogP contribution in [0.1, 0.15) is 54.0 Å². The summed E-state index contributed by atoms with van der Waals surface area (Å²) in [5.41, 5.74) is 7.47. The molecule has 0 fully saturated rings. The van der Waals surface area contributed by atoms with Crippen molar-refractivity contribution in [3.8, 4) is 0 Å². The highest BCUT2D eigenvalue weighted by molar-refractivity contribution is 5.43. The van der Waals surface area contributed by atoms with Crippen molar-refractivity contribution in [3.63, 3.8) is 0 Å². The highest BCUT2D eigenvalue weighted by Gasteiger charge is 2.06. The first-order valence-corrected chi connectivity index (χ1v) is 6.14. The van der Waals surface area contributed by atoms with Gasteiger partial charge in [-0.1, -0.05) is 25.8 Å². The predicted octanol–water partition coefficient (Wildman–Crippen LogP) is 4.65. The van der Waals surface area contributed by atoms with Crippen molar-refractivity contribution in [2.75, 3.05) is 0 Å². The molecule has 0 saturated carbocycles. The van der Waals surface area contributed by atoms with Crippen LogP contribution in [0.25, 0.3) is 0 Å². The molecule has 0 heteroatoms. The van der Waals surface area contributed by atoms with E-state index in [4.69, 9.17) is 0 Å². The molecular weight excluding hydrogens is 180 g/mol. The van der Waals surface area contributed by atoms with Crippen molar-refractivity contribution < 1.29 is 0 Å². The van der Waals surface area contributed by atoms with E-state index in [1.54, 1.807) is 5.56 Å². The minimum atomic E-state index is 1.25. The molecule has 0 heterocycles. The number of aryl methyl sites for hydroxylation is 2. The molecule has 1 aromatic carbocycles. The van der Waals surface area contributed by atoms with Gasteiger partial charge in [0.05, 0.1) is 0 Å². The fourth-order valence-electron chi connectivity index (χ4n) is 2.12. The number of benzene rings is 1. The molecule has 0 saturated heterocycles. The number of unbranched alkanes of at least 4 members (excludes halogenated alkanes) is 2. The van der Waals surface area contributed by atoms with E-state index < -0.39 is 0 Å². The van der Waals surface area contributed by atoms with Gasteiger partial charge in [0, 0.05) is 0 Å². The topological polar surface area (TPSA) is 0 Å². The van der Waals surface area contributed by atoms with Gasteiger partial charge in [-0.2, -0.15) is 0 Å². The average Bonchev–Trinajstić information content (AvgIpc) is 2.23. The predicted molar refractivity (Wildman–Crippen MR) is 68.6 cm³/mol. The molecule has 15 heavy (non-hydrogen) atoms. The maximum absolute atomic E-state index is 2.38. The zero-order valence-corrected chi connectivity index (χ0v) is 10.9. The van der Waals surface area contributed by atoms with Crippen LogP contribution >= 0.6 is 0 Å². The SMILES string of the molecule is CCCCCc1cc(C)c(C)c(C)c1C. The highest BCUT2D eigenvalue weighted by Crippen LogP contribution is 2.22. The first kappa shape index (κ1) is 12.3. The maximum Gasteiger partial charge on any atom is -0.0276 e. The van der Waals surface area contributed by atoms with Crippen LogP contribution in [-0.2, 0) is 6.42 Å². The Morgan fingerprint density at radius 2 is 1.53 bits per heavy atom. The van der Waals surface area contributed by atoms with Crippen LogP contribution in [0.3, 0.4) is 0 Å². The first-order chi connectivity index (χ1) is 7.07. The summed E-state index contributed by atoms with van der Waals surface area (Å²) in [6.07, 6.45) is 5.25. The average molecular weight is 204 g/mol. The molecule has 0 bridgehead atoms. The Hall–Kier alpha value is -0.780. The lowest BCUT2D eigenvalue weighted by molar-refractivity contribution is 0.714. The Morgan fingerprint density at radius 3 is 2.13 bits per heavy atom. The second kappa shape index (κ2) is 5.34. The molecule has 0 N–H and O–H groups in total. The summed E-state index contributed by atoms with van der Waals surface area (Å²) in [4.78, 5) is 0. The molecule has 1 rings (SSSR count). The van der Waals surface area contributed by atoms with Crippen LogP contribution in [0.2, 0.25) is 0 Å². The van der Waals surface area contributed by atoms with Crippen molar-refractivity contribution in [2.45, 2.75) is 60.3 Å². The van der Waals surface area contributed by atoms with Gasteiger partial charge in [-0.25, -0.2) is 0 Å². The Morgan fingerprint density at radius 1 is 0.867 bits per heavy atom. The van der Waals surface area contributed by atoms with Gasteiger partial charge in [0.25, 0.3) is 0 Å². The van der Waals surface area contributed by atoms with Gasteiger partial charge in [-0.3, -0.25) is 0 Å². The zero-order valence-electron chi connectivity index (χ0n) is 10.9. The van der Waals surface area contributed by atoms with Crippen LogP contribution in [0, 0.1) is 27.7 Å². The van der Waals surface area contributed by atoms with Gasteiger partial charge in [-0.05, 0) is 68.4 Å². The van der Waals surface area contributed by atoms with Gasteiger partial charge in [0.15, 0.2) is 0 Å². The molecule has 0 aromatic heterocycles. The summed E-state index contributed by atoms with van der Waals surface area (Å²) < 4.78 is 0. The van der Waals surface area contributed by atoms with Gasteiger partial charge >= 0.3 is 0 Å². The second-order valence-electron chi connectivity index (χ2n) is 4.68. The van der Waals surface area contributed by atoms with Gasteiger partial charge in [0.1, 0.15) is 0 Å². The number of hydrogen-bond donors (Lipinski definition) is 0. The fourth-order valence-corrected chi connectivity index (χ4v) is 2.12. The quantitative estimate of drug-likeness (QED) is 0.626. The number of rotatable bonds is 4. The Labute approximate surface area is 94.7 Å². The van der Waals surface area contributed by atoms with Crippen LogP contribution in [-0.4, -0.2) is 0 Å². The Bertz CT molecular complexity index is 334. The van der Waals surface area contributed by atoms with Crippen LogP contribution in [0.15, 0.2) is 6.07 Å². The standard InChI is InChI=1S/C15H24/c1-6-7-8-9-15-10-11(2)12(3)13(4)14(15)5/h10H,6-9H2,1-5H3. The molecule has 0 radical (unpaired) electrons. The summed E-state index contributed by atoms with van der Waals surface area (Å²) in [6.45, 7) is 11.2. The van der Waals surface area contributed by atoms with E-state index >= 15 is 0 Å².